The number of carbonyl (C=O) groups is 3. The van der Waals surface area contributed by atoms with Crippen LogP contribution < -0.4 is 11.1 Å². The minimum absolute atomic E-state index is 0.0845. The van der Waals surface area contributed by atoms with Gasteiger partial charge in [0.2, 0.25) is 11.8 Å². The fourth-order valence-corrected chi connectivity index (χ4v) is 3.63. The lowest BCUT2D eigenvalue weighted by Crippen LogP contribution is -2.48. The van der Waals surface area contributed by atoms with Crippen LogP contribution in [0.2, 0.25) is 0 Å². The molecule has 3 rings (SSSR count). The van der Waals surface area contributed by atoms with Crippen LogP contribution in [-0.2, 0) is 34.0 Å². The van der Waals surface area contributed by atoms with Crippen LogP contribution in [0.25, 0.3) is 0 Å². The molecule has 0 unspecified atom stereocenters. The third-order valence-corrected chi connectivity index (χ3v) is 4.86. The summed E-state index contributed by atoms with van der Waals surface area (Å²) < 4.78 is 15.7. The van der Waals surface area contributed by atoms with Crippen molar-refractivity contribution < 1.29 is 28.6 Å². The number of rotatable bonds is 5. The molecule has 1 aromatic rings. The summed E-state index contributed by atoms with van der Waals surface area (Å²) in [6, 6.07) is 6.77. The van der Waals surface area contributed by atoms with Gasteiger partial charge in [0.1, 0.15) is 22.3 Å². The zero-order chi connectivity index (χ0) is 20.5. The summed E-state index contributed by atoms with van der Waals surface area (Å²) in [6.07, 6.45) is 1.47. The number of hydrogen-bond donors (Lipinski definition) is 2. The first-order chi connectivity index (χ1) is 13.4. The van der Waals surface area contributed by atoms with E-state index in [4.69, 9.17) is 19.9 Å². The summed E-state index contributed by atoms with van der Waals surface area (Å²) in [5.41, 5.74) is 4.79. The standard InChI is InChI=1S/C20H22N2O6/c1-4-5-10-27-18(24)15-16(21)28-11(2)14(17(23)26-3)20(15)12-8-6-7-9-13(12)22-19(20)25/h6-9H,4-5,10,21H2,1-3H3,(H,22,25)/t20-/m0/s1. The van der Waals surface area contributed by atoms with Gasteiger partial charge in [-0.2, -0.15) is 0 Å². The Morgan fingerprint density at radius 1 is 1.21 bits per heavy atom. The SMILES string of the molecule is CCCCOC(=O)C1=C(N)OC(C)=C(C(=O)OC)[C@]12C(=O)Nc1ccccc12. The maximum atomic E-state index is 13.3. The van der Waals surface area contributed by atoms with E-state index in [1.54, 1.807) is 24.3 Å². The Morgan fingerprint density at radius 3 is 2.61 bits per heavy atom. The minimum atomic E-state index is -1.81. The highest BCUT2D eigenvalue weighted by atomic mass is 16.5. The number of nitrogens with one attached hydrogen (secondary N) is 1. The highest BCUT2D eigenvalue weighted by Crippen LogP contribution is 2.52. The predicted octanol–water partition coefficient (Wildman–Crippen LogP) is 1.87. The molecule has 1 atom stereocenters. The Kier molecular flexibility index (Phi) is 5.13. The lowest BCUT2D eigenvalue weighted by Gasteiger charge is -2.35. The Morgan fingerprint density at radius 2 is 1.93 bits per heavy atom. The number of fused-ring (bicyclic) bond motifs is 2. The number of unbranched alkanes of at least 4 members (excludes halogenated alkanes) is 1. The number of nitrogens with two attached hydrogens (primary N) is 1. The lowest BCUT2D eigenvalue weighted by atomic mass is 9.67. The molecule has 0 radical (unpaired) electrons. The van der Waals surface area contributed by atoms with E-state index < -0.39 is 23.3 Å². The largest absolute Gasteiger partial charge is 0.466 e. The van der Waals surface area contributed by atoms with E-state index in [1.165, 1.54) is 14.0 Å². The van der Waals surface area contributed by atoms with Gasteiger partial charge in [0.05, 0.1) is 13.7 Å². The van der Waals surface area contributed by atoms with Crippen LogP contribution in [0.3, 0.4) is 0 Å². The van der Waals surface area contributed by atoms with E-state index >= 15 is 0 Å². The van der Waals surface area contributed by atoms with Crippen molar-refractivity contribution in [1.82, 2.24) is 0 Å². The number of esters is 2. The maximum absolute atomic E-state index is 13.3. The number of anilines is 1. The second-order valence-corrected chi connectivity index (χ2v) is 6.50. The van der Waals surface area contributed by atoms with Gasteiger partial charge in [-0.05, 0) is 19.4 Å². The average molecular weight is 386 g/mol. The number of methoxy groups -OCH3 is 1. The lowest BCUT2D eigenvalue weighted by molar-refractivity contribution is -0.142. The highest BCUT2D eigenvalue weighted by molar-refractivity contribution is 6.21. The molecule has 0 aromatic heterocycles. The van der Waals surface area contributed by atoms with Gasteiger partial charge >= 0.3 is 11.9 Å². The Labute approximate surface area is 162 Å². The Bertz CT molecular complexity index is 917. The minimum Gasteiger partial charge on any atom is -0.466 e. The van der Waals surface area contributed by atoms with Crippen molar-refractivity contribution in [3.63, 3.8) is 0 Å². The van der Waals surface area contributed by atoms with Crippen molar-refractivity contribution in [1.29, 1.82) is 0 Å². The molecule has 148 valence electrons. The molecular weight excluding hydrogens is 364 g/mol. The molecule has 1 spiro atoms. The summed E-state index contributed by atoms with van der Waals surface area (Å²) in [6.45, 7) is 3.60. The van der Waals surface area contributed by atoms with Crippen LogP contribution in [0.4, 0.5) is 5.69 Å². The van der Waals surface area contributed by atoms with Crippen LogP contribution in [0.5, 0.6) is 0 Å². The average Bonchev–Trinajstić information content (AvgIpc) is 2.94. The number of hydrogen-bond acceptors (Lipinski definition) is 7. The molecule has 8 nitrogen and oxygen atoms in total. The van der Waals surface area contributed by atoms with Gasteiger partial charge < -0.3 is 25.3 Å². The topological polar surface area (TPSA) is 117 Å². The van der Waals surface area contributed by atoms with E-state index in [0.29, 0.717) is 17.7 Å². The highest BCUT2D eigenvalue weighted by Gasteiger charge is 2.61. The van der Waals surface area contributed by atoms with Crippen molar-refractivity contribution in [2.24, 2.45) is 5.73 Å². The van der Waals surface area contributed by atoms with Crippen molar-refractivity contribution in [3.8, 4) is 0 Å². The van der Waals surface area contributed by atoms with Gasteiger partial charge in [-0.25, -0.2) is 9.59 Å². The van der Waals surface area contributed by atoms with Gasteiger partial charge in [-0.1, -0.05) is 31.5 Å². The fraction of sp³-hybridized carbons (Fsp3) is 0.350. The maximum Gasteiger partial charge on any atom is 0.341 e. The molecule has 0 saturated carbocycles. The molecule has 28 heavy (non-hydrogen) atoms. The third-order valence-electron chi connectivity index (χ3n) is 4.86. The number of allylic oxidation sites excluding steroid dienone is 1. The number of amides is 1. The molecule has 0 aliphatic carbocycles. The van der Waals surface area contributed by atoms with Crippen LogP contribution >= 0.6 is 0 Å². The first kappa shape index (κ1) is 19.5. The van der Waals surface area contributed by atoms with E-state index in [2.05, 4.69) is 5.32 Å². The van der Waals surface area contributed by atoms with Gasteiger partial charge in [-0.3, -0.25) is 4.79 Å². The molecular formula is C20H22N2O6. The molecule has 2 heterocycles. The summed E-state index contributed by atoms with van der Waals surface area (Å²) in [5, 5.41) is 2.73. The van der Waals surface area contributed by atoms with Crippen molar-refractivity contribution in [2.75, 3.05) is 19.0 Å². The molecule has 1 amide bonds. The van der Waals surface area contributed by atoms with Crippen LogP contribution in [0.15, 0.2) is 47.1 Å². The molecule has 8 heteroatoms. The van der Waals surface area contributed by atoms with Gasteiger partial charge in [0.25, 0.3) is 0 Å². The van der Waals surface area contributed by atoms with Crippen molar-refractivity contribution in [3.05, 3.63) is 52.6 Å². The smallest absolute Gasteiger partial charge is 0.341 e. The summed E-state index contributed by atoms with van der Waals surface area (Å²) >= 11 is 0. The first-order valence-corrected chi connectivity index (χ1v) is 8.95. The Hall–Kier alpha value is -3.29. The number of benzene rings is 1. The number of para-hydroxylation sites is 1. The summed E-state index contributed by atoms with van der Waals surface area (Å²) in [5.74, 6) is -2.40. The summed E-state index contributed by atoms with van der Waals surface area (Å²) in [7, 11) is 1.19. The fourth-order valence-electron chi connectivity index (χ4n) is 3.63. The molecule has 2 aliphatic rings. The molecule has 3 N–H and O–H groups in total. The quantitative estimate of drug-likeness (QED) is 0.586. The van der Waals surface area contributed by atoms with Crippen LogP contribution in [0, 0.1) is 0 Å². The Balaban J connectivity index is 2.27. The van der Waals surface area contributed by atoms with E-state index in [0.717, 1.165) is 6.42 Å². The number of carbonyl (C=O) groups excluding carboxylic acids is 3. The zero-order valence-electron chi connectivity index (χ0n) is 16.0. The van der Waals surface area contributed by atoms with Gasteiger partial charge in [-0.15, -0.1) is 0 Å². The predicted molar refractivity (Wildman–Crippen MR) is 99.6 cm³/mol. The van der Waals surface area contributed by atoms with E-state index in [-0.39, 0.29) is 29.4 Å². The van der Waals surface area contributed by atoms with Gasteiger partial charge in [0, 0.05) is 11.3 Å². The third kappa shape index (κ3) is 2.72. The second-order valence-electron chi connectivity index (χ2n) is 6.50. The molecule has 0 saturated heterocycles. The monoisotopic (exact) mass is 386 g/mol. The van der Waals surface area contributed by atoms with Crippen LogP contribution in [-0.4, -0.2) is 31.6 Å². The first-order valence-electron chi connectivity index (χ1n) is 8.95. The van der Waals surface area contributed by atoms with Crippen molar-refractivity contribution in [2.45, 2.75) is 32.1 Å². The zero-order valence-corrected chi connectivity index (χ0v) is 16.0. The normalized spacial score (nSPS) is 20.6. The summed E-state index contributed by atoms with van der Waals surface area (Å²) in [4.78, 5) is 38.9. The van der Waals surface area contributed by atoms with Crippen molar-refractivity contribution >= 4 is 23.5 Å². The molecule has 0 bridgehead atoms. The molecule has 1 aromatic carbocycles. The van der Waals surface area contributed by atoms with Gasteiger partial charge in [0.15, 0.2) is 0 Å². The molecule has 0 fully saturated rings. The number of ether oxygens (including phenoxy) is 3. The van der Waals surface area contributed by atoms with E-state index in [1.807, 2.05) is 6.92 Å². The van der Waals surface area contributed by atoms with Crippen LogP contribution in [0.1, 0.15) is 32.3 Å². The second kappa shape index (κ2) is 7.38. The molecule has 2 aliphatic heterocycles. The van der Waals surface area contributed by atoms with E-state index in [9.17, 15) is 14.4 Å².